The summed E-state index contributed by atoms with van der Waals surface area (Å²) in [5.74, 6) is 0.491. The van der Waals surface area contributed by atoms with Crippen LogP contribution in [0.25, 0.3) is 10.9 Å². The van der Waals surface area contributed by atoms with Crippen LogP contribution in [-0.4, -0.2) is 37.3 Å². The van der Waals surface area contributed by atoms with Crippen LogP contribution in [0.5, 0.6) is 0 Å². The van der Waals surface area contributed by atoms with E-state index < -0.39 is 0 Å². The zero-order valence-corrected chi connectivity index (χ0v) is 14.8. The van der Waals surface area contributed by atoms with Crippen molar-refractivity contribution in [1.29, 1.82) is 0 Å². The number of hydrogen-bond acceptors (Lipinski definition) is 3. The summed E-state index contributed by atoms with van der Waals surface area (Å²) in [4.78, 5) is 12.1. The van der Waals surface area contributed by atoms with E-state index in [0.29, 0.717) is 32.3 Å². The van der Waals surface area contributed by atoms with Crippen LogP contribution < -0.4 is 0 Å². The van der Waals surface area contributed by atoms with Gasteiger partial charge in [-0.25, -0.2) is 0 Å². The minimum Gasteiger partial charge on any atom is -0.382 e. The Morgan fingerprint density at radius 1 is 1.17 bits per heavy atom. The Hall–Kier alpha value is -1.65. The highest BCUT2D eigenvalue weighted by atomic mass is 16.5. The second-order valence-electron chi connectivity index (χ2n) is 6.29. The lowest BCUT2D eigenvalue weighted by atomic mass is 9.98. The lowest BCUT2D eigenvalue weighted by molar-refractivity contribution is 0.0666. The Morgan fingerprint density at radius 3 is 2.52 bits per heavy atom. The van der Waals surface area contributed by atoms with E-state index in [2.05, 4.69) is 37.5 Å². The monoisotopic (exact) mass is 317 g/mol. The highest BCUT2D eigenvalue weighted by molar-refractivity contribution is 5.99. The molecule has 2 aromatic rings. The van der Waals surface area contributed by atoms with Crippen LogP contribution in [0, 0.1) is 6.92 Å². The smallest absolute Gasteiger partial charge is 0.176 e. The van der Waals surface area contributed by atoms with Crippen molar-refractivity contribution in [2.45, 2.75) is 40.2 Å². The second kappa shape index (κ2) is 7.75. The fourth-order valence-corrected chi connectivity index (χ4v) is 2.97. The molecule has 0 atom stereocenters. The van der Waals surface area contributed by atoms with Gasteiger partial charge in [-0.15, -0.1) is 0 Å². The molecule has 0 amide bonds. The average Bonchev–Trinajstić information content (AvgIpc) is 2.84. The Balaban J connectivity index is 2.42. The fourth-order valence-electron chi connectivity index (χ4n) is 2.97. The van der Waals surface area contributed by atoms with E-state index >= 15 is 0 Å². The van der Waals surface area contributed by atoms with Gasteiger partial charge in [-0.3, -0.25) is 4.79 Å². The number of methoxy groups -OCH3 is 1. The molecule has 23 heavy (non-hydrogen) atoms. The highest BCUT2D eigenvalue weighted by Gasteiger charge is 2.17. The molecule has 0 spiro atoms. The Kier molecular flexibility index (Phi) is 5.97. The SMILES string of the molecule is COCCOCCn1c(C(C)=O)cc2cc(C)cc(C(C)C)c21. The summed E-state index contributed by atoms with van der Waals surface area (Å²) < 4.78 is 12.7. The van der Waals surface area contributed by atoms with E-state index in [9.17, 15) is 4.79 Å². The summed E-state index contributed by atoms with van der Waals surface area (Å²) in [6.07, 6.45) is 0. The van der Waals surface area contributed by atoms with Crippen LogP contribution in [0.4, 0.5) is 0 Å². The first-order chi connectivity index (χ1) is 11.0. The van der Waals surface area contributed by atoms with Gasteiger partial charge in [-0.2, -0.15) is 0 Å². The molecule has 0 saturated carbocycles. The Labute approximate surface area is 138 Å². The van der Waals surface area contributed by atoms with Gasteiger partial charge in [0.1, 0.15) is 0 Å². The van der Waals surface area contributed by atoms with Crippen molar-refractivity contribution in [1.82, 2.24) is 4.57 Å². The molecule has 4 nitrogen and oxygen atoms in total. The van der Waals surface area contributed by atoms with Crippen LogP contribution in [0.3, 0.4) is 0 Å². The summed E-state index contributed by atoms with van der Waals surface area (Å²) >= 11 is 0. The summed E-state index contributed by atoms with van der Waals surface area (Å²) in [6.45, 7) is 10.5. The average molecular weight is 317 g/mol. The van der Waals surface area contributed by atoms with Gasteiger partial charge in [0.25, 0.3) is 0 Å². The van der Waals surface area contributed by atoms with Crippen molar-refractivity contribution in [3.05, 3.63) is 35.0 Å². The molecule has 1 heterocycles. The molecule has 0 aliphatic carbocycles. The largest absolute Gasteiger partial charge is 0.382 e. The molecule has 0 saturated heterocycles. The van der Waals surface area contributed by atoms with Crippen molar-refractivity contribution < 1.29 is 14.3 Å². The molecule has 0 aliphatic rings. The van der Waals surface area contributed by atoms with E-state index in [-0.39, 0.29) is 5.78 Å². The number of aryl methyl sites for hydroxylation is 1. The lowest BCUT2D eigenvalue weighted by Gasteiger charge is -2.15. The van der Waals surface area contributed by atoms with E-state index in [4.69, 9.17) is 9.47 Å². The lowest BCUT2D eigenvalue weighted by Crippen LogP contribution is -2.13. The number of nitrogens with zero attached hydrogens (tertiary/aromatic N) is 1. The molecule has 0 bridgehead atoms. The normalized spacial score (nSPS) is 11.6. The quantitative estimate of drug-likeness (QED) is 0.547. The molecule has 0 N–H and O–H groups in total. The first-order valence-electron chi connectivity index (χ1n) is 8.17. The number of hydrogen-bond donors (Lipinski definition) is 0. The maximum Gasteiger partial charge on any atom is 0.176 e. The number of carbonyl (C=O) groups is 1. The van der Waals surface area contributed by atoms with E-state index in [1.54, 1.807) is 14.0 Å². The molecule has 0 unspecified atom stereocenters. The summed E-state index contributed by atoms with van der Waals surface area (Å²) in [7, 11) is 1.66. The van der Waals surface area contributed by atoms with Crippen molar-refractivity contribution >= 4 is 16.7 Å². The maximum absolute atomic E-state index is 12.1. The van der Waals surface area contributed by atoms with Gasteiger partial charge in [0.2, 0.25) is 0 Å². The topological polar surface area (TPSA) is 40.5 Å². The standard InChI is InChI=1S/C19H27NO3/c1-13(2)17-11-14(3)10-16-12-18(15(4)21)20(19(16)17)6-7-23-9-8-22-5/h10-13H,6-9H2,1-5H3. The first-order valence-corrected chi connectivity index (χ1v) is 8.17. The number of rotatable bonds is 8. The molecule has 126 valence electrons. The third-order valence-corrected chi connectivity index (χ3v) is 4.04. The van der Waals surface area contributed by atoms with Crippen LogP contribution in [0.2, 0.25) is 0 Å². The minimum absolute atomic E-state index is 0.0884. The number of carbonyl (C=O) groups excluding carboxylic acids is 1. The van der Waals surface area contributed by atoms with Gasteiger partial charge in [0.15, 0.2) is 5.78 Å². The zero-order valence-electron chi connectivity index (χ0n) is 14.8. The van der Waals surface area contributed by atoms with Crippen molar-refractivity contribution in [3.8, 4) is 0 Å². The minimum atomic E-state index is 0.0884. The number of ketones is 1. The van der Waals surface area contributed by atoms with E-state index in [1.807, 2.05) is 6.07 Å². The molecular formula is C19H27NO3. The molecule has 4 heteroatoms. The zero-order chi connectivity index (χ0) is 17.0. The number of fused-ring (bicyclic) bond motifs is 1. The summed E-state index contributed by atoms with van der Waals surface area (Å²) in [5.41, 5.74) is 4.42. The molecule has 0 radical (unpaired) electrons. The number of Topliss-reactive ketones (excluding diaryl/α,β-unsaturated/α-hetero) is 1. The molecule has 2 rings (SSSR count). The van der Waals surface area contributed by atoms with Gasteiger partial charge in [-0.1, -0.05) is 25.5 Å². The van der Waals surface area contributed by atoms with E-state index in [1.165, 1.54) is 11.1 Å². The molecular weight excluding hydrogens is 290 g/mol. The van der Waals surface area contributed by atoms with Crippen LogP contribution in [-0.2, 0) is 16.0 Å². The number of benzene rings is 1. The van der Waals surface area contributed by atoms with Crippen molar-refractivity contribution in [2.24, 2.45) is 0 Å². The fraction of sp³-hybridized carbons (Fsp3) is 0.526. The number of ether oxygens (including phenoxy) is 2. The maximum atomic E-state index is 12.1. The molecule has 0 aliphatic heterocycles. The Morgan fingerprint density at radius 2 is 1.91 bits per heavy atom. The molecule has 0 fully saturated rings. The second-order valence-corrected chi connectivity index (χ2v) is 6.29. The predicted octanol–water partition coefficient (Wildman–Crippen LogP) is 3.94. The third kappa shape index (κ3) is 4.01. The number of aromatic nitrogens is 1. The van der Waals surface area contributed by atoms with Crippen LogP contribution in [0.1, 0.15) is 48.3 Å². The first kappa shape index (κ1) is 17.7. The molecule has 1 aromatic carbocycles. The van der Waals surface area contributed by atoms with Crippen molar-refractivity contribution in [3.63, 3.8) is 0 Å². The Bertz CT molecular complexity index is 685. The van der Waals surface area contributed by atoms with Crippen LogP contribution in [0.15, 0.2) is 18.2 Å². The predicted molar refractivity (Wildman–Crippen MR) is 93.5 cm³/mol. The van der Waals surface area contributed by atoms with Gasteiger partial charge in [0.05, 0.1) is 31.0 Å². The summed E-state index contributed by atoms with van der Waals surface area (Å²) in [5, 5.41) is 1.13. The highest BCUT2D eigenvalue weighted by Crippen LogP contribution is 2.30. The molecule has 1 aromatic heterocycles. The van der Waals surface area contributed by atoms with Gasteiger partial charge >= 0.3 is 0 Å². The van der Waals surface area contributed by atoms with Gasteiger partial charge in [0, 0.05) is 26.0 Å². The van der Waals surface area contributed by atoms with Crippen molar-refractivity contribution in [2.75, 3.05) is 26.9 Å². The van der Waals surface area contributed by atoms with Gasteiger partial charge < -0.3 is 14.0 Å². The van der Waals surface area contributed by atoms with Gasteiger partial charge in [-0.05, 0) is 30.5 Å². The van der Waals surface area contributed by atoms with Crippen LogP contribution >= 0.6 is 0 Å². The van der Waals surface area contributed by atoms with E-state index in [0.717, 1.165) is 16.6 Å². The summed E-state index contributed by atoms with van der Waals surface area (Å²) in [6, 6.07) is 6.38. The third-order valence-electron chi connectivity index (χ3n) is 4.04.